The van der Waals surface area contributed by atoms with Gasteiger partial charge in [-0.25, -0.2) is 4.39 Å². The fourth-order valence-electron chi connectivity index (χ4n) is 1.54. The van der Waals surface area contributed by atoms with E-state index in [4.69, 9.17) is 4.74 Å². The number of ether oxygens (including phenoxy) is 1. The molecule has 19 heavy (non-hydrogen) atoms. The molecular formula is C14H9BrFNOS. The predicted octanol–water partition coefficient (Wildman–Crippen LogP) is 4.97. The molecule has 0 aliphatic rings. The van der Waals surface area contributed by atoms with E-state index in [1.165, 1.54) is 17.8 Å². The van der Waals surface area contributed by atoms with Crippen LogP contribution in [0, 0.1) is 17.1 Å². The van der Waals surface area contributed by atoms with Crippen LogP contribution in [0.2, 0.25) is 0 Å². The number of halogens is 2. The monoisotopic (exact) mass is 337 g/mol. The summed E-state index contributed by atoms with van der Waals surface area (Å²) in [5, 5.41) is 9.18. The van der Waals surface area contributed by atoms with Crippen molar-refractivity contribution in [2.75, 3.05) is 6.26 Å². The molecule has 2 rings (SSSR count). The molecule has 0 saturated heterocycles. The molecule has 0 aromatic heterocycles. The Morgan fingerprint density at radius 3 is 2.74 bits per heavy atom. The minimum atomic E-state index is -0.406. The number of hydrogen-bond donors (Lipinski definition) is 0. The van der Waals surface area contributed by atoms with Crippen molar-refractivity contribution < 1.29 is 9.13 Å². The Bertz CT molecular complexity index is 654. The van der Waals surface area contributed by atoms with Crippen molar-refractivity contribution in [1.29, 1.82) is 5.26 Å². The molecule has 0 bridgehead atoms. The van der Waals surface area contributed by atoms with Gasteiger partial charge in [-0.05, 0) is 46.5 Å². The average Bonchev–Trinajstić information content (AvgIpc) is 2.42. The summed E-state index contributed by atoms with van der Waals surface area (Å²) >= 11 is 4.55. The van der Waals surface area contributed by atoms with Crippen molar-refractivity contribution in [3.05, 3.63) is 52.3 Å². The largest absolute Gasteiger partial charge is 0.456 e. The number of hydrogen-bond acceptors (Lipinski definition) is 3. The Hall–Kier alpha value is -1.51. The van der Waals surface area contributed by atoms with Crippen molar-refractivity contribution in [3.8, 4) is 17.6 Å². The molecule has 2 nitrogen and oxygen atoms in total. The molecule has 0 heterocycles. The van der Waals surface area contributed by atoms with E-state index < -0.39 is 5.82 Å². The highest BCUT2D eigenvalue weighted by atomic mass is 79.9. The van der Waals surface area contributed by atoms with Crippen LogP contribution in [0.4, 0.5) is 4.39 Å². The smallest absolute Gasteiger partial charge is 0.146 e. The van der Waals surface area contributed by atoms with Gasteiger partial charge in [0, 0.05) is 11.0 Å². The number of thioether (sulfide) groups is 1. The van der Waals surface area contributed by atoms with Crippen LogP contribution in [0.1, 0.15) is 5.56 Å². The van der Waals surface area contributed by atoms with E-state index in [-0.39, 0.29) is 0 Å². The summed E-state index contributed by atoms with van der Waals surface area (Å²) < 4.78 is 19.4. The van der Waals surface area contributed by atoms with Crippen molar-refractivity contribution >= 4 is 27.7 Å². The molecule has 2 aromatic rings. The quantitative estimate of drug-likeness (QED) is 0.741. The molecule has 0 amide bonds. The van der Waals surface area contributed by atoms with E-state index in [1.807, 2.05) is 12.3 Å². The van der Waals surface area contributed by atoms with Gasteiger partial charge in [-0.1, -0.05) is 6.07 Å². The van der Waals surface area contributed by atoms with Gasteiger partial charge in [0.1, 0.15) is 28.9 Å². The Morgan fingerprint density at radius 2 is 2.11 bits per heavy atom. The van der Waals surface area contributed by atoms with Gasteiger partial charge in [0.15, 0.2) is 0 Å². The fourth-order valence-corrected chi connectivity index (χ4v) is 2.36. The zero-order chi connectivity index (χ0) is 13.8. The molecule has 0 saturated carbocycles. The van der Waals surface area contributed by atoms with E-state index in [0.717, 1.165) is 4.90 Å². The lowest BCUT2D eigenvalue weighted by Gasteiger charge is -2.10. The highest BCUT2D eigenvalue weighted by Crippen LogP contribution is 2.32. The van der Waals surface area contributed by atoms with Gasteiger partial charge in [0.2, 0.25) is 0 Å². The molecule has 0 N–H and O–H groups in total. The molecule has 0 aliphatic carbocycles. The average molecular weight is 338 g/mol. The van der Waals surface area contributed by atoms with Crippen LogP contribution in [0.5, 0.6) is 11.5 Å². The number of nitriles is 1. The second-order valence-corrected chi connectivity index (χ2v) is 5.33. The summed E-state index contributed by atoms with van der Waals surface area (Å²) in [6.45, 7) is 0. The molecule has 0 unspecified atom stereocenters. The minimum Gasteiger partial charge on any atom is -0.456 e. The van der Waals surface area contributed by atoms with Crippen LogP contribution in [-0.4, -0.2) is 6.26 Å². The maximum Gasteiger partial charge on any atom is 0.146 e. The molecule has 2 aromatic carbocycles. The Labute approximate surface area is 123 Å². The molecule has 0 fully saturated rings. The molecule has 0 atom stereocenters. The minimum absolute atomic E-state index is 0.357. The van der Waals surface area contributed by atoms with Crippen LogP contribution >= 0.6 is 27.7 Å². The summed E-state index contributed by atoms with van der Waals surface area (Å²) in [7, 11) is 0. The molecule has 0 radical (unpaired) electrons. The van der Waals surface area contributed by atoms with Gasteiger partial charge in [0.25, 0.3) is 0 Å². The van der Waals surface area contributed by atoms with Gasteiger partial charge in [-0.3, -0.25) is 0 Å². The molecule has 0 aliphatic heterocycles. The van der Waals surface area contributed by atoms with Crippen LogP contribution in [-0.2, 0) is 0 Å². The summed E-state index contributed by atoms with van der Waals surface area (Å²) in [6, 6.07) is 11.9. The first kappa shape index (κ1) is 13.9. The number of rotatable bonds is 3. The molecule has 0 spiro atoms. The fraction of sp³-hybridized carbons (Fsp3) is 0.0714. The Morgan fingerprint density at radius 1 is 1.32 bits per heavy atom. The maximum atomic E-state index is 13.4. The summed E-state index contributed by atoms with van der Waals surface area (Å²) in [4.78, 5) is 0.831. The van der Waals surface area contributed by atoms with Crippen LogP contribution in [0.15, 0.2) is 45.8 Å². The van der Waals surface area contributed by atoms with Crippen LogP contribution in [0.3, 0.4) is 0 Å². The summed E-state index contributed by atoms with van der Waals surface area (Å²) in [5.41, 5.74) is 0.457. The van der Waals surface area contributed by atoms with E-state index in [9.17, 15) is 9.65 Å². The van der Waals surface area contributed by atoms with Crippen molar-refractivity contribution in [3.63, 3.8) is 0 Å². The number of nitrogens with zero attached hydrogens (tertiary/aromatic N) is 1. The van der Waals surface area contributed by atoms with Crippen LogP contribution in [0.25, 0.3) is 0 Å². The summed E-state index contributed by atoms with van der Waals surface area (Å²) in [6.07, 6.45) is 1.89. The predicted molar refractivity (Wildman–Crippen MR) is 77.1 cm³/mol. The third-order valence-corrected chi connectivity index (χ3v) is 3.86. The standard InChI is InChI=1S/C14H9BrFNOS/c1-19-14-4-2-3-13(10(14)8-17)18-9-5-6-11(15)12(16)7-9/h2-7H,1H3. The van der Waals surface area contributed by atoms with E-state index >= 15 is 0 Å². The van der Waals surface area contributed by atoms with Crippen LogP contribution < -0.4 is 4.74 Å². The zero-order valence-electron chi connectivity index (χ0n) is 9.98. The first-order valence-corrected chi connectivity index (χ1v) is 7.37. The highest BCUT2D eigenvalue weighted by molar-refractivity contribution is 9.10. The first-order valence-electron chi connectivity index (χ1n) is 5.35. The molecular weight excluding hydrogens is 329 g/mol. The second-order valence-electron chi connectivity index (χ2n) is 3.62. The topological polar surface area (TPSA) is 33.0 Å². The maximum absolute atomic E-state index is 13.4. The van der Waals surface area contributed by atoms with Gasteiger partial charge >= 0.3 is 0 Å². The summed E-state index contributed by atoms with van der Waals surface area (Å²) in [5.74, 6) is 0.378. The lowest BCUT2D eigenvalue weighted by atomic mass is 10.2. The van der Waals surface area contributed by atoms with Crippen molar-refractivity contribution in [2.24, 2.45) is 0 Å². The third kappa shape index (κ3) is 3.09. The van der Waals surface area contributed by atoms with E-state index in [2.05, 4.69) is 22.0 Å². The van der Waals surface area contributed by atoms with E-state index in [0.29, 0.717) is 21.5 Å². The first-order chi connectivity index (χ1) is 9.15. The van der Waals surface area contributed by atoms with Gasteiger partial charge < -0.3 is 4.74 Å². The van der Waals surface area contributed by atoms with Crippen molar-refractivity contribution in [2.45, 2.75) is 4.90 Å². The van der Waals surface area contributed by atoms with Gasteiger partial charge in [-0.2, -0.15) is 5.26 Å². The Balaban J connectivity index is 2.38. The normalized spacial score (nSPS) is 10.0. The lowest BCUT2D eigenvalue weighted by Crippen LogP contribution is -1.91. The third-order valence-electron chi connectivity index (χ3n) is 2.44. The SMILES string of the molecule is CSc1cccc(Oc2ccc(Br)c(F)c2)c1C#N. The van der Waals surface area contributed by atoms with Gasteiger partial charge in [0.05, 0.1) is 4.47 Å². The zero-order valence-corrected chi connectivity index (χ0v) is 12.4. The molecule has 5 heteroatoms. The van der Waals surface area contributed by atoms with Crippen molar-refractivity contribution in [1.82, 2.24) is 0 Å². The second kappa shape index (κ2) is 6.09. The van der Waals surface area contributed by atoms with Gasteiger partial charge in [-0.15, -0.1) is 11.8 Å². The molecule has 96 valence electrons. The Kier molecular flexibility index (Phi) is 4.46. The number of benzene rings is 2. The lowest BCUT2D eigenvalue weighted by molar-refractivity contribution is 0.473. The highest BCUT2D eigenvalue weighted by Gasteiger charge is 2.10. The van der Waals surface area contributed by atoms with E-state index in [1.54, 1.807) is 24.3 Å².